The lowest BCUT2D eigenvalue weighted by Gasteiger charge is -2.30. The van der Waals surface area contributed by atoms with Crippen LogP contribution in [0.3, 0.4) is 0 Å². The highest BCUT2D eigenvalue weighted by atomic mass is 35.5. The van der Waals surface area contributed by atoms with E-state index >= 15 is 0 Å². The molecule has 1 aliphatic rings. The Morgan fingerprint density at radius 3 is 2.36 bits per heavy atom. The zero-order valence-corrected chi connectivity index (χ0v) is 12.6. The first-order valence-electron chi connectivity index (χ1n) is 6.17. The molecule has 2 rings (SSSR count). The van der Waals surface area contributed by atoms with E-state index in [9.17, 15) is 18.0 Å². The lowest BCUT2D eigenvalue weighted by molar-refractivity contribution is -0.319. The van der Waals surface area contributed by atoms with Crippen LogP contribution < -0.4 is 14.8 Å². The molecule has 9 heteroatoms. The largest absolute Gasteiger partial charge is 0.492 e. The number of carbonyl (C=O) groups is 1. The van der Waals surface area contributed by atoms with Crippen molar-refractivity contribution in [3.05, 3.63) is 23.2 Å². The SMILES string of the molecule is CC(C)(C)OC(=O)N[C@@]1(C(F)(F)F)Oc2ccc(Cl)cc2O1. The molecule has 0 spiro atoms. The number of carbonyl (C=O) groups excluding carboxylic acids is 1. The molecule has 1 atom stereocenters. The van der Waals surface area contributed by atoms with Gasteiger partial charge in [0.2, 0.25) is 0 Å². The molecule has 0 saturated carbocycles. The van der Waals surface area contributed by atoms with Gasteiger partial charge in [0, 0.05) is 11.1 Å². The number of amides is 1. The van der Waals surface area contributed by atoms with Crippen LogP contribution in [0, 0.1) is 0 Å². The summed E-state index contributed by atoms with van der Waals surface area (Å²) in [7, 11) is 0. The highest BCUT2D eigenvalue weighted by Gasteiger charge is 2.66. The van der Waals surface area contributed by atoms with Gasteiger partial charge in [-0.2, -0.15) is 13.2 Å². The van der Waals surface area contributed by atoms with Crippen molar-refractivity contribution in [1.82, 2.24) is 5.32 Å². The summed E-state index contributed by atoms with van der Waals surface area (Å²) < 4.78 is 54.3. The van der Waals surface area contributed by atoms with Crippen molar-refractivity contribution in [1.29, 1.82) is 0 Å². The molecule has 1 aromatic carbocycles. The summed E-state index contributed by atoms with van der Waals surface area (Å²) in [4.78, 5) is 11.7. The standard InChI is InChI=1S/C13H13ClF3NO4/c1-11(2,3)22-10(19)18-13(12(15,16)17)20-8-5-4-7(14)6-9(8)21-13/h4-6H,1-3H3,(H,18,19)/t13-/m0/s1. The molecule has 1 heterocycles. The molecule has 22 heavy (non-hydrogen) atoms. The van der Waals surface area contributed by atoms with Gasteiger partial charge in [0.05, 0.1) is 0 Å². The van der Waals surface area contributed by atoms with Crippen molar-refractivity contribution < 1.29 is 32.2 Å². The number of alkyl carbamates (subject to hydrolysis) is 1. The first-order valence-corrected chi connectivity index (χ1v) is 6.55. The third-order valence-corrected chi connectivity index (χ3v) is 2.69. The van der Waals surface area contributed by atoms with Gasteiger partial charge in [-0.3, -0.25) is 0 Å². The van der Waals surface area contributed by atoms with Crippen LogP contribution in [-0.4, -0.2) is 23.8 Å². The van der Waals surface area contributed by atoms with E-state index in [1.807, 2.05) is 0 Å². The van der Waals surface area contributed by atoms with E-state index in [2.05, 4.69) is 0 Å². The van der Waals surface area contributed by atoms with Gasteiger partial charge in [0.1, 0.15) is 5.60 Å². The number of rotatable bonds is 1. The average Bonchev–Trinajstić information content (AvgIpc) is 2.63. The first kappa shape index (κ1) is 16.5. The smallest absolute Gasteiger partial charge is 0.444 e. The summed E-state index contributed by atoms with van der Waals surface area (Å²) in [6.07, 6.45) is -6.38. The molecule has 0 aromatic heterocycles. The molecule has 0 aliphatic carbocycles. The summed E-state index contributed by atoms with van der Waals surface area (Å²) in [5, 5.41) is 1.75. The molecule has 0 saturated heterocycles. The first-order chi connectivity index (χ1) is 9.92. The Balaban J connectivity index is 2.28. The van der Waals surface area contributed by atoms with E-state index in [4.69, 9.17) is 25.8 Å². The van der Waals surface area contributed by atoms with Crippen molar-refractivity contribution in [2.24, 2.45) is 0 Å². The molecular formula is C13H13ClF3NO4. The zero-order valence-electron chi connectivity index (χ0n) is 11.9. The fourth-order valence-corrected chi connectivity index (χ4v) is 1.81. The normalized spacial score (nSPS) is 20.7. The number of halogens is 4. The van der Waals surface area contributed by atoms with Crippen molar-refractivity contribution in [2.75, 3.05) is 0 Å². The Bertz CT molecular complexity index is 600. The Hall–Kier alpha value is -1.83. The van der Waals surface area contributed by atoms with Crippen LogP contribution in [-0.2, 0) is 4.74 Å². The topological polar surface area (TPSA) is 56.8 Å². The average molecular weight is 340 g/mol. The number of alkyl halides is 3. The fourth-order valence-electron chi connectivity index (χ4n) is 1.65. The van der Waals surface area contributed by atoms with Crippen molar-refractivity contribution >= 4 is 17.7 Å². The summed E-state index contributed by atoms with van der Waals surface area (Å²) in [5.74, 6) is -3.79. The number of hydrogen-bond acceptors (Lipinski definition) is 4. The van der Waals surface area contributed by atoms with Gasteiger partial charge in [0.15, 0.2) is 11.5 Å². The Morgan fingerprint density at radius 1 is 1.23 bits per heavy atom. The summed E-state index contributed by atoms with van der Waals surface area (Å²) in [5.41, 5.74) is -0.981. The molecule has 1 aromatic rings. The highest BCUT2D eigenvalue weighted by Crippen LogP contribution is 2.46. The molecule has 0 radical (unpaired) electrons. The van der Waals surface area contributed by atoms with Crippen LogP contribution in [0.4, 0.5) is 18.0 Å². The minimum atomic E-state index is -5.05. The number of hydrogen-bond donors (Lipinski definition) is 1. The van der Waals surface area contributed by atoms with E-state index in [0.29, 0.717) is 0 Å². The lowest BCUT2D eigenvalue weighted by Crippen LogP contribution is -2.65. The quantitative estimate of drug-likeness (QED) is 0.844. The second-order valence-corrected chi connectivity index (χ2v) is 5.97. The van der Waals surface area contributed by atoms with Crippen LogP contribution >= 0.6 is 11.6 Å². The zero-order chi connectivity index (χ0) is 16.8. The molecule has 5 nitrogen and oxygen atoms in total. The van der Waals surface area contributed by atoms with Crippen LogP contribution in [0.5, 0.6) is 11.5 Å². The monoisotopic (exact) mass is 339 g/mol. The maximum atomic E-state index is 13.3. The van der Waals surface area contributed by atoms with Crippen LogP contribution in [0.25, 0.3) is 0 Å². The van der Waals surface area contributed by atoms with Crippen LogP contribution in [0.1, 0.15) is 20.8 Å². The van der Waals surface area contributed by atoms with E-state index in [-0.39, 0.29) is 16.5 Å². The molecular weight excluding hydrogens is 327 g/mol. The number of fused-ring (bicyclic) bond motifs is 1. The lowest BCUT2D eigenvalue weighted by atomic mass is 10.2. The number of ether oxygens (including phenoxy) is 3. The van der Waals surface area contributed by atoms with Crippen molar-refractivity contribution in [3.63, 3.8) is 0 Å². The maximum Gasteiger partial charge on any atom is 0.492 e. The fraction of sp³-hybridized carbons (Fsp3) is 0.462. The molecule has 0 fully saturated rings. The second-order valence-electron chi connectivity index (χ2n) is 5.54. The predicted molar refractivity (Wildman–Crippen MR) is 70.9 cm³/mol. The summed E-state index contributed by atoms with van der Waals surface area (Å²) in [6, 6.07) is 3.70. The maximum absolute atomic E-state index is 13.3. The van der Waals surface area contributed by atoms with Crippen LogP contribution in [0.2, 0.25) is 5.02 Å². The second kappa shape index (κ2) is 5.12. The molecule has 1 aliphatic heterocycles. The predicted octanol–water partition coefficient (Wildman–Crippen LogP) is 3.85. The highest BCUT2D eigenvalue weighted by molar-refractivity contribution is 6.30. The Morgan fingerprint density at radius 2 is 1.82 bits per heavy atom. The van der Waals surface area contributed by atoms with Gasteiger partial charge in [0.25, 0.3) is 0 Å². The third-order valence-electron chi connectivity index (χ3n) is 2.45. The van der Waals surface area contributed by atoms with Crippen LogP contribution in [0.15, 0.2) is 18.2 Å². The van der Waals surface area contributed by atoms with Gasteiger partial charge >= 0.3 is 18.2 Å². The molecule has 122 valence electrons. The summed E-state index contributed by atoms with van der Waals surface area (Å²) in [6.45, 7) is 4.53. The number of nitrogens with one attached hydrogen (secondary N) is 1. The van der Waals surface area contributed by atoms with Gasteiger partial charge in [-0.05, 0) is 32.9 Å². The Kier molecular flexibility index (Phi) is 3.85. The van der Waals surface area contributed by atoms with Gasteiger partial charge < -0.3 is 14.2 Å². The van der Waals surface area contributed by atoms with E-state index < -0.39 is 23.8 Å². The molecule has 1 amide bonds. The minimum absolute atomic E-state index is 0.164. The van der Waals surface area contributed by atoms with Crippen molar-refractivity contribution in [3.8, 4) is 11.5 Å². The third kappa shape index (κ3) is 3.32. The minimum Gasteiger partial charge on any atom is -0.444 e. The van der Waals surface area contributed by atoms with Gasteiger partial charge in [-0.1, -0.05) is 11.6 Å². The van der Waals surface area contributed by atoms with Crippen molar-refractivity contribution in [2.45, 2.75) is 38.5 Å². The van der Waals surface area contributed by atoms with Gasteiger partial charge in [-0.25, -0.2) is 10.1 Å². The van der Waals surface area contributed by atoms with Gasteiger partial charge in [-0.15, -0.1) is 0 Å². The summed E-state index contributed by atoms with van der Waals surface area (Å²) >= 11 is 5.69. The molecule has 1 N–H and O–H groups in total. The van der Waals surface area contributed by atoms with E-state index in [0.717, 1.165) is 6.07 Å². The van der Waals surface area contributed by atoms with E-state index in [1.165, 1.54) is 32.9 Å². The molecule has 0 bridgehead atoms. The molecule has 0 unspecified atom stereocenters. The Labute approximate surface area is 129 Å². The van der Waals surface area contributed by atoms with E-state index in [1.54, 1.807) is 5.32 Å². The number of benzene rings is 1.